The number of unbranched alkanes of at least 4 members (excludes halogenated alkanes) is 2. The maximum Gasteiger partial charge on any atom is 0.229 e. The van der Waals surface area contributed by atoms with Gasteiger partial charge in [0.1, 0.15) is 6.33 Å². The molecule has 0 aliphatic heterocycles. The van der Waals surface area contributed by atoms with Crippen LogP contribution in [0.5, 0.6) is 0 Å². The normalized spacial score (nSPS) is 12.5. The van der Waals surface area contributed by atoms with Crippen LogP contribution in [-0.2, 0) is 0 Å². The second-order valence-electron chi connectivity index (χ2n) is 8.27. The van der Waals surface area contributed by atoms with E-state index in [2.05, 4.69) is 51.1 Å². The zero-order valence-corrected chi connectivity index (χ0v) is 20.1. The molecular formula is C24H31N7S. The van der Waals surface area contributed by atoms with E-state index in [4.69, 9.17) is 10.1 Å². The van der Waals surface area contributed by atoms with E-state index in [1.807, 2.05) is 37.1 Å². The molecule has 0 saturated carbocycles. The van der Waals surface area contributed by atoms with Crippen molar-refractivity contribution in [3.63, 3.8) is 0 Å². The summed E-state index contributed by atoms with van der Waals surface area (Å²) in [6.45, 7) is 6.35. The van der Waals surface area contributed by atoms with E-state index in [1.54, 1.807) is 6.33 Å². The van der Waals surface area contributed by atoms with E-state index < -0.39 is 0 Å². The molecule has 0 fully saturated rings. The molecule has 3 aromatic heterocycles. The van der Waals surface area contributed by atoms with Crippen molar-refractivity contribution < 1.29 is 0 Å². The monoisotopic (exact) mass is 449 g/mol. The quantitative estimate of drug-likeness (QED) is 0.297. The van der Waals surface area contributed by atoms with E-state index >= 15 is 0 Å². The highest BCUT2D eigenvalue weighted by Crippen LogP contribution is 2.28. The van der Waals surface area contributed by atoms with Gasteiger partial charge in [-0.15, -0.1) is 0 Å². The predicted molar refractivity (Wildman–Crippen MR) is 134 cm³/mol. The van der Waals surface area contributed by atoms with E-state index in [1.165, 1.54) is 19.3 Å². The van der Waals surface area contributed by atoms with Gasteiger partial charge in [0.2, 0.25) is 5.95 Å². The highest BCUT2D eigenvalue weighted by atomic mass is 32.2. The molecule has 1 N–H and O–H groups in total. The van der Waals surface area contributed by atoms with Crippen LogP contribution < -0.4 is 5.32 Å². The van der Waals surface area contributed by atoms with Crippen molar-refractivity contribution in [2.24, 2.45) is 0 Å². The fourth-order valence-corrected chi connectivity index (χ4v) is 4.55. The van der Waals surface area contributed by atoms with Crippen molar-refractivity contribution >= 4 is 45.3 Å². The molecule has 1 aromatic carbocycles. The van der Waals surface area contributed by atoms with Gasteiger partial charge in [0.05, 0.1) is 22.6 Å². The van der Waals surface area contributed by atoms with Gasteiger partial charge >= 0.3 is 0 Å². The third kappa shape index (κ3) is 4.85. The van der Waals surface area contributed by atoms with E-state index in [-0.39, 0.29) is 0 Å². The molecule has 3 heterocycles. The van der Waals surface area contributed by atoms with Crippen LogP contribution in [0.2, 0.25) is 0 Å². The van der Waals surface area contributed by atoms with Crippen LogP contribution in [0.1, 0.15) is 56.3 Å². The zero-order valence-electron chi connectivity index (χ0n) is 19.3. The smallest absolute Gasteiger partial charge is 0.229 e. The van der Waals surface area contributed by atoms with Gasteiger partial charge in [-0.1, -0.05) is 26.2 Å². The van der Waals surface area contributed by atoms with Crippen molar-refractivity contribution in [1.29, 1.82) is 0 Å². The topological polar surface area (TPSA) is 81.4 Å². The lowest BCUT2D eigenvalue weighted by atomic mass is 10.1. The average Bonchev–Trinajstić information content (AvgIpc) is 3.12. The summed E-state index contributed by atoms with van der Waals surface area (Å²) in [5.74, 6) is 1.70. The fourth-order valence-electron chi connectivity index (χ4n) is 4.04. The number of fused-ring (bicyclic) bond motifs is 2. The molecule has 0 spiro atoms. The Bertz CT molecular complexity index is 1200. The molecule has 8 heteroatoms. The molecule has 32 heavy (non-hydrogen) atoms. The molecule has 4 rings (SSSR count). The fraction of sp³-hybridized carbons (Fsp3) is 0.458. The lowest BCUT2D eigenvalue weighted by Crippen LogP contribution is -2.13. The molecule has 7 nitrogen and oxygen atoms in total. The number of hydrogen-bond donors (Lipinski definition) is 1. The van der Waals surface area contributed by atoms with Gasteiger partial charge in [0.25, 0.3) is 0 Å². The number of thioether (sulfide) groups is 1. The molecular weight excluding hydrogens is 418 g/mol. The number of nitrogens with zero attached hydrogens (tertiary/aromatic N) is 6. The van der Waals surface area contributed by atoms with Crippen LogP contribution in [-0.4, -0.2) is 41.7 Å². The van der Waals surface area contributed by atoms with Gasteiger partial charge in [-0.25, -0.2) is 19.6 Å². The minimum Gasteiger partial charge on any atom is -0.324 e. The average molecular weight is 450 g/mol. The number of aromatic nitrogens is 6. The largest absolute Gasteiger partial charge is 0.324 e. The molecule has 0 saturated heterocycles. The third-order valence-electron chi connectivity index (χ3n) is 5.87. The molecule has 168 valence electrons. The summed E-state index contributed by atoms with van der Waals surface area (Å²) in [5, 5.41) is 10.3. The first kappa shape index (κ1) is 22.5. The van der Waals surface area contributed by atoms with E-state index in [9.17, 15) is 0 Å². The molecule has 0 aliphatic rings. The van der Waals surface area contributed by atoms with Gasteiger partial charge in [-0.05, 0) is 56.4 Å². The number of aryl methyl sites for hydroxylation is 2. The summed E-state index contributed by atoms with van der Waals surface area (Å²) in [6.07, 6.45) is 13.4. The van der Waals surface area contributed by atoms with Crippen LogP contribution in [0.4, 0.5) is 11.6 Å². The Labute approximate surface area is 193 Å². The summed E-state index contributed by atoms with van der Waals surface area (Å²) in [6, 6.07) is 4.46. The van der Waals surface area contributed by atoms with E-state index in [0.29, 0.717) is 12.0 Å². The summed E-state index contributed by atoms with van der Waals surface area (Å²) in [5.41, 5.74) is 4.86. The predicted octanol–water partition coefficient (Wildman–Crippen LogP) is 6.00. The molecule has 0 aliphatic carbocycles. The maximum atomic E-state index is 4.91. The molecule has 0 amide bonds. The van der Waals surface area contributed by atoms with Crippen LogP contribution in [0.25, 0.3) is 21.9 Å². The Hall–Kier alpha value is -2.74. The third-order valence-corrected chi connectivity index (χ3v) is 6.52. The summed E-state index contributed by atoms with van der Waals surface area (Å²) < 4.78 is 2.14. The van der Waals surface area contributed by atoms with E-state index in [0.717, 1.165) is 57.5 Å². The highest BCUT2D eigenvalue weighted by Gasteiger charge is 2.19. The van der Waals surface area contributed by atoms with Crippen LogP contribution >= 0.6 is 11.8 Å². The van der Waals surface area contributed by atoms with Gasteiger partial charge < -0.3 is 5.32 Å². The Morgan fingerprint density at radius 1 is 1.09 bits per heavy atom. The first-order chi connectivity index (χ1) is 15.6. The molecule has 4 aromatic rings. The highest BCUT2D eigenvalue weighted by molar-refractivity contribution is 7.98. The van der Waals surface area contributed by atoms with Crippen molar-refractivity contribution in [3.05, 3.63) is 42.1 Å². The van der Waals surface area contributed by atoms with Crippen molar-refractivity contribution in [1.82, 2.24) is 29.7 Å². The van der Waals surface area contributed by atoms with Gasteiger partial charge in [0, 0.05) is 23.5 Å². The Balaban J connectivity index is 1.68. The van der Waals surface area contributed by atoms with Gasteiger partial charge in [-0.2, -0.15) is 21.8 Å². The standard InChI is InChI=1S/C24H31N7S/c1-5-6-7-8-19(9-10-32-4)31-23-20(17(3)30-31)14-26-24(29-23)28-21-12-18-13-25-15-27-22(18)11-16(21)2/h11-15,19H,5-10H2,1-4H3,(H,26,28,29). The molecule has 1 atom stereocenters. The van der Waals surface area contributed by atoms with Crippen molar-refractivity contribution in [2.75, 3.05) is 17.3 Å². The minimum absolute atomic E-state index is 0.354. The first-order valence-electron chi connectivity index (χ1n) is 11.3. The Morgan fingerprint density at radius 3 is 2.78 bits per heavy atom. The molecule has 1 unspecified atom stereocenters. The Morgan fingerprint density at radius 2 is 1.97 bits per heavy atom. The summed E-state index contributed by atoms with van der Waals surface area (Å²) >= 11 is 1.89. The number of nitrogens with one attached hydrogen (secondary N) is 1. The second kappa shape index (κ2) is 10.3. The SMILES string of the molecule is CCCCCC(CCSC)n1nc(C)c2cnc(Nc3cc4cncnc4cc3C)nc21. The minimum atomic E-state index is 0.354. The van der Waals surface area contributed by atoms with Crippen molar-refractivity contribution in [2.45, 2.75) is 58.9 Å². The van der Waals surface area contributed by atoms with Crippen LogP contribution in [0, 0.1) is 13.8 Å². The summed E-state index contributed by atoms with van der Waals surface area (Å²) in [4.78, 5) is 18.0. The lowest BCUT2D eigenvalue weighted by Gasteiger charge is -2.18. The molecule has 0 bridgehead atoms. The number of hydrogen-bond acceptors (Lipinski definition) is 7. The Kier molecular flexibility index (Phi) is 7.19. The number of benzene rings is 1. The first-order valence-corrected chi connectivity index (χ1v) is 12.7. The van der Waals surface area contributed by atoms with Gasteiger partial charge in [-0.3, -0.25) is 0 Å². The maximum absolute atomic E-state index is 4.91. The molecule has 0 radical (unpaired) electrons. The lowest BCUT2D eigenvalue weighted by molar-refractivity contribution is 0.406. The number of anilines is 2. The zero-order chi connectivity index (χ0) is 22.5. The van der Waals surface area contributed by atoms with Crippen LogP contribution in [0.15, 0.2) is 30.9 Å². The van der Waals surface area contributed by atoms with Crippen molar-refractivity contribution in [3.8, 4) is 0 Å². The second-order valence-corrected chi connectivity index (χ2v) is 9.25. The van der Waals surface area contributed by atoms with Gasteiger partial charge in [0.15, 0.2) is 5.65 Å². The number of rotatable bonds is 10. The van der Waals surface area contributed by atoms with Crippen LogP contribution in [0.3, 0.4) is 0 Å². The summed E-state index contributed by atoms with van der Waals surface area (Å²) in [7, 11) is 0.